The Bertz CT molecular complexity index is 822. The van der Waals surface area contributed by atoms with Crippen LogP contribution < -0.4 is 10.6 Å². The van der Waals surface area contributed by atoms with Gasteiger partial charge in [0.15, 0.2) is 0 Å². The topological polar surface area (TPSA) is 79.8 Å². The van der Waals surface area contributed by atoms with Gasteiger partial charge in [-0.3, -0.25) is 9.79 Å². The molecule has 6 heteroatoms. The van der Waals surface area contributed by atoms with E-state index in [4.69, 9.17) is 4.74 Å². The number of benzene rings is 1. The summed E-state index contributed by atoms with van der Waals surface area (Å²) in [5.41, 5.74) is 1.68. The Hall–Kier alpha value is -3.15. The fourth-order valence-corrected chi connectivity index (χ4v) is 3.15. The SMILES string of the molecule is CCOC(=O)c1ccc(NC(=O)CC2(C3=CCN=CC3)C=CC=CN2)cc1. The van der Waals surface area contributed by atoms with E-state index in [2.05, 4.69) is 21.7 Å². The standard InChI is InChI=1S/C21H23N3O3/c1-2-27-20(26)16-5-7-18(8-6-16)24-19(25)15-21(11-3-4-12-23-21)17-9-13-22-14-10-17/h3-9,11-12,14,23H,2,10,13,15H2,1H3,(H,24,25). The van der Waals surface area contributed by atoms with Gasteiger partial charge in [-0.05, 0) is 49.0 Å². The van der Waals surface area contributed by atoms with E-state index in [1.807, 2.05) is 30.6 Å². The Morgan fingerprint density at radius 1 is 1.26 bits per heavy atom. The Balaban J connectivity index is 1.68. The Kier molecular flexibility index (Phi) is 5.86. The third kappa shape index (κ3) is 4.53. The minimum Gasteiger partial charge on any atom is -0.462 e. The highest BCUT2D eigenvalue weighted by Crippen LogP contribution is 2.29. The summed E-state index contributed by atoms with van der Waals surface area (Å²) in [5.74, 6) is -0.488. The summed E-state index contributed by atoms with van der Waals surface area (Å²) in [5, 5.41) is 6.24. The van der Waals surface area contributed by atoms with Gasteiger partial charge in [-0.15, -0.1) is 0 Å². The number of hydrogen-bond donors (Lipinski definition) is 2. The van der Waals surface area contributed by atoms with Crippen molar-refractivity contribution in [3.63, 3.8) is 0 Å². The maximum atomic E-state index is 12.7. The van der Waals surface area contributed by atoms with E-state index in [-0.39, 0.29) is 18.3 Å². The number of carbonyl (C=O) groups excluding carboxylic acids is 2. The number of amides is 1. The van der Waals surface area contributed by atoms with Crippen molar-refractivity contribution in [2.24, 2.45) is 4.99 Å². The monoisotopic (exact) mass is 365 g/mol. The number of allylic oxidation sites excluding steroid dienone is 2. The molecule has 0 aromatic heterocycles. The van der Waals surface area contributed by atoms with Gasteiger partial charge in [0.2, 0.25) is 5.91 Å². The lowest BCUT2D eigenvalue weighted by molar-refractivity contribution is -0.116. The van der Waals surface area contributed by atoms with Crippen LogP contribution in [0.15, 0.2) is 65.3 Å². The average molecular weight is 365 g/mol. The summed E-state index contributed by atoms with van der Waals surface area (Å²) < 4.78 is 4.96. The fourth-order valence-electron chi connectivity index (χ4n) is 3.15. The number of hydrogen-bond acceptors (Lipinski definition) is 5. The van der Waals surface area contributed by atoms with Crippen molar-refractivity contribution < 1.29 is 14.3 Å². The van der Waals surface area contributed by atoms with E-state index in [1.54, 1.807) is 31.2 Å². The highest BCUT2D eigenvalue weighted by Gasteiger charge is 2.34. The molecule has 140 valence electrons. The largest absolute Gasteiger partial charge is 0.462 e. The van der Waals surface area contributed by atoms with Gasteiger partial charge in [-0.2, -0.15) is 0 Å². The summed E-state index contributed by atoms with van der Waals surface area (Å²) in [6.45, 7) is 2.72. The van der Waals surface area contributed by atoms with E-state index < -0.39 is 5.54 Å². The van der Waals surface area contributed by atoms with Crippen LogP contribution in [0.25, 0.3) is 0 Å². The van der Waals surface area contributed by atoms with Gasteiger partial charge in [-0.1, -0.05) is 18.2 Å². The summed E-state index contributed by atoms with van der Waals surface area (Å²) in [6, 6.07) is 6.69. The molecule has 2 aliphatic rings. The molecule has 0 bridgehead atoms. The number of esters is 1. The van der Waals surface area contributed by atoms with E-state index in [9.17, 15) is 9.59 Å². The average Bonchev–Trinajstić information content (AvgIpc) is 2.70. The van der Waals surface area contributed by atoms with Crippen molar-refractivity contribution in [3.8, 4) is 0 Å². The van der Waals surface area contributed by atoms with Crippen LogP contribution >= 0.6 is 0 Å². The van der Waals surface area contributed by atoms with Gasteiger partial charge in [0.05, 0.1) is 30.7 Å². The predicted octanol–water partition coefficient (Wildman–Crippen LogP) is 3.00. The Morgan fingerprint density at radius 2 is 2.07 bits per heavy atom. The Labute approximate surface area is 158 Å². The third-order valence-corrected chi connectivity index (χ3v) is 4.50. The molecule has 1 unspecified atom stereocenters. The van der Waals surface area contributed by atoms with Crippen molar-refractivity contribution in [2.75, 3.05) is 18.5 Å². The van der Waals surface area contributed by atoms with Crippen LogP contribution in [0.3, 0.4) is 0 Å². The zero-order valence-electron chi connectivity index (χ0n) is 15.3. The normalized spacial score (nSPS) is 20.6. The second-order valence-electron chi connectivity index (χ2n) is 6.34. The Morgan fingerprint density at radius 3 is 2.70 bits per heavy atom. The van der Waals surface area contributed by atoms with Crippen LogP contribution in [-0.4, -0.2) is 36.8 Å². The number of anilines is 1. The minimum absolute atomic E-state index is 0.116. The first-order chi connectivity index (χ1) is 13.1. The van der Waals surface area contributed by atoms with Gasteiger partial charge in [0, 0.05) is 18.3 Å². The highest BCUT2D eigenvalue weighted by atomic mass is 16.5. The van der Waals surface area contributed by atoms with Crippen LogP contribution in [0, 0.1) is 0 Å². The molecule has 3 rings (SSSR count). The molecule has 1 aromatic carbocycles. The first-order valence-electron chi connectivity index (χ1n) is 9.00. The van der Waals surface area contributed by atoms with E-state index in [0.717, 1.165) is 5.57 Å². The maximum Gasteiger partial charge on any atom is 0.338 e. The zero-order chi connectivity index (χ0) is 19.1. The quantitative estimate of drug-likeness (QED) is 0.600. The van der Waals surface area contributed by atoms with Crippen molar-refractivity contribution in [1.29, 1.82) is 0 Å². The lowest BCUT2D eigenvalue weighted by Crippen LogP contribution is -2.46. The molecule has 0 spiro atoms. The van der Waals surface area contributed by atoms with Crippen LogP contribution in [-0.2, 0) is 9.53 Å². The number of dihydropyridines is 2. The zero-order valence-corrected chi connectivity index (χ0v) is 15.3. The molecule has 1 amide bonds. The van der Waals surface area contributed by atoms with Crippen LogP contribution in [0.1, 0.15) is 30.1 Å². The summed E-state index contributed by atoms with van der Waals surface area (Å²) in [7, 11) is 0. The van der Waals surface area contributed by atoms with Gasteiger partial charge < -0.3 is 15.4 Å². The molecule has 0 saturated carbocycles. The number of rotatable bonds is 6. The molecule has 2 aliphatic heterocycles. The second kappa shape index (κ2) is 8.49. The van der Waals surface area contributed by atoms with Crippen molar-refractivity contribution >= 4 is 23.8 Å². The molecule has 2 N–H and O–H groups in total. The molecule has 0 saturated heterocycles. The molecular formula is C21H23N3O3. The van der Waals surface area contributed by atoms with E-state index in [1.165, 1.54) is 0 Å². The molecule has 1 atom stereocenters. The molecule has 6 nitrogen and oxygen atoms in total. The predicted molar refractivity (Wildman–Crippen MR) is 106 cm³/mol. The molecule has 0 aliphatic carbocycles. The molecule has 0 radical (unpaired) electrons. The van der Waals surface area contributed by atoms with Crippen molar-refractivity contribution in [2.45, 2.75) is 25.3 Å². The third-order valence-electron chi connectivity index (χ3n) is 4.50. The van der Waals surface area contributed by atoms with Gasteiger partial charge >= 0.3 is 5.97 Å². The molecule has 1 aromatic rings. The fraction of sp³-hybridized carbons (Fsp3) is 0.286. The maximum absolute atomic E-state index is 12.7. The molecule has 2 heterocycles. The van der Waals surface area contributed by atoms with Crippen LogP contribution in [0.5, 0.6) is 0 Å². The van der Waals surface area contributed by atoms with Gasteiger partial charge in [-0.25, -0.2) is 4.79 Å². The first-order valence-corrected chi connectivity index (χ1v) is 9.00. The first kappa shape index (κ1) is 18.6. The molecule has 0 fully saturated rings. The number of ether oxygens (including phenoxy) is 1. The highest BCUT2D eigenvalue weighted by molar-refractivity contribution is 5.94. The molecular weight excluding hydrogens is 342 g/mol. The van der Waals surface area contributed by atoms with Crippen molar-refractivity contribution in [3.05, 3.63) is 65.9 Å². The number of aliphatic imine (C=N–C) groups is 1. The summed E-state index contributed by atoms with van der Waals surface area (Å²) in [4.78, 5) is 28.6. The number of carbonyl (C=O) groups is 2. The van der Waals surface area contributed by atoms with E-state index >= 15 is 0 Å². The van der Waals surface area contributed by atoms with Crippen LogP contribution in [0.4, 0.5) is 5.69 Å². The number of nitrogens with zero attached hydrogens (tertiary/aromatic N) is 1. The lowest BCUT2D eigenvalue weighted by Gasteiger charge is -2.35. The number of nitrogens with one attached hydrogen (secondary N) is 2. The summed E-state index contributed by atoms with van der Waals surface area (Å²) >= 11 is 0. The van der Waals surface area contributed by atoms with Gasteiger partial charge in [0.25, 0.3) is 0 Å². The molecule has 27 heavy (non-hydrogen) atoms. The minimum atomic E-state index is -0.545. The summed E-state index contributed by atoms with van der Waals surface area (Å²) in [6.07, 6.45) is 12.6. The smallest absolute Gasteiger partial charge is 0.338 e. The lowest BCUT2D eigenvalue weighted by atomic mass is 9.82. The van der Waals surface area contributed by atoms with Crippen LogP contribution in [0.2, 0.25) is 0 Å². The van der Waals surface area contributed by atoms with E-state index in [0.29, 0.717) is 30.8 Å². The van der Waals surface area contributed by atoms with Crippen molar-refractivity contribution in [1.82, 2.24) is 5.32 Å². The van der Waals surface area contributed by atoms with Gasteiger partial charge in [0.1, 0.15) is 0 Å². The second-order valence-corrected chi connectivity index (χ2v) is 6.34.